The largest absolute Gasteiger partial charge is 0.391 e. The minimum atomic E-state index is -0.172. The molecule has 5 nitrogen and oxygen atoms in total. The topological polar surface area (TPSA) is 73.8 Å². The molecule has 0 amide bonds. The van der Waals surface area contributed by atoms with Gasteiger partial charge in [-0.1, -0.05) is 0 Å². The molecule has 0 spiro atoms. The van der Waals surface area contributed by atoms with Crippen LogP contribution in [0.3, 0.4) is 0 Å². The van der Waals surface area contributed by atoms with Crippen molar-refractivity contribution in [3.8, 4) is 0 Å². The van der Waals surface area contributed by atoms with Crippen molar-refractivity contribution in [1.82, 2.24) is 10.6 Å². The van der Waals surface area contributed by atoms with Crippen LogP contribution in [0.15, 0.2) is 0 Å². The normalized spacial score (nSPS) is 26.0. The first kappa shape index (κ1) is 12.9. The van der Waals surface area contributed by atoms with Crippen molar-refractivity contribution < 1.29 is 15.3 Å². The predicted molar refractivity (Wildman–Crippen MR) is 57.7 cm³/mol. The Kier molecular flexibility index (Phi) is 6.87. The molecule has 1 saturated heterocycles. The van der Waals surface area contributed by atoms with E-state index < -0.39 is 0 Å². The third-order valence-corrected chi connectivity index (χ3v) is 2.78. The molecule has 1 heterocycles. The summed E-state index contributed by atoms with van der Waals surface area (Å²) in [6.45, 7) is 3.20. The number of aliphatic hydroxyl groups excluding tert-OH is 1. The third-order valence-electron chi connectivity index (χ3n) is 2.78. The first-order chi connectivity index (χ1) is 7.34. The van der Waals surface area contributed by atoms with Crippen LogP contribution >= 0.6 is 0 Å². The van der Waals surface area contributed by atoms with Gasteiger partial charge in [0.2, 0.25) is 0 Å². The Morgan fingerprint density at radius 3 is 2.87 bits per heavy atom. The lowest BCUT2D eigenvalue weighted by Gasteiger charge is -2.14. The highest BCUT2D eigenvalue weighted by molar-refractivity contribution is 4.83. The fourth-order valence-electron chi connectivity index (χ4n) is 1.85. The average molecular weight is 218 g/mol. The predicted octanol–water partition coefficient (Wildman–Crippen LogP) is -0.0413. The maximum Gasteiger partial charge on any atom is 0.0820 e. The van der Waals surface area contributed by atoms with Crippen LogP contribution in [0.4, 0.5) is 0 Å². The Balaban J connectivity index is 1.84. The van der Waals surface area contributed by atoms with E-state index in [4.69, 9.17) is 5.26 Å². The van der Waals surface area contributed by atoms with Crippen molar-refractivity contribution in [1.29, 1.82) is 0 Å². The quantitative estimate of drug-likeness (QED) is 0.261. The molecule has 0 bridgehead atoms. The molecule has 0 aliphatic carbocycles. The van der Waals surface area contributed by atoms with Gasteiger partial charge in [0.25, 0.3) is 0 Å². The van der Waals surface area contributed by atoms with E-state index in [-0.39, 0.29) is 12.1 Å². The van der Waals surface area contributed by atoms with Gasteiger partial charge >= 0.3 is 0 Å². The van der Waals surface area contributed by atoms with Gasteiger partial charge in [-0.3, -0.25) is 5.26 Å². The Bertz CT molecular complexity index is 158. The number of hydrogen-bond acceptors (Lipinski definition) is 5. The van der Waals surface area contributed by atoms with Crippen LogP contribution in [0.2, 0.25) is 0 Å². The van der Waals surface area contributed by atoms with Gasteiger partial charge in [0.15, 0.2) is 0 Å². The van der Waals surface area contributed by atoms with Gasteiger partial charge in [-0.25, -0.2) is 4.89 Å². The zero-order valence-electron chi connectivity index (χ0n) is 9.11. The lowest BCUT2D eigenvalue weighted by atomic mass is 10.1. The lowest BCUT2D eigenvalue weighted by molar-refractivity contribution is -0.242. The summed E-state index contributed by atoms with van der Waals surface area (Å²) < 4.78 is 0. The fourth-order valence-corrected chi connectivity index (χ4v) is 1.85. The second-order valence-electron chi connectivity index (χ2n) is 4.00. The van der Waals surface area contributed by atoms with Crippen molar-refractivity contribution in [2.45, 2.75) is 37.8 Å². The van der Waals surface area contributed by atoms with Crippen molar-refractivity contribution in [3.05, 3.63) is 0 Å². The molecular formula is C10H22N2O3. The highest BCUT2D eigenvalue weighted by atomic mass is 17.1. The van der Waals surface area contributed by atoms with Crippen LogP contribution < -0.4 is 10.6 Å². The molecule has 2 unspecified atom stereocenters. The molecule has 0 saturated carbocycles. The Morgan fingerprint density at radius 2 is 2.20 bits per heavy atom. The Hall–Kier alpha value is -0.200. The highest BCUT2D eigenvalue weighted by Gasteiger charge is 2.23. The van der Waals surface area contributed by atoms with Gasteiger partial charge in [0.1, 0.15) is 0 Å². The summed E-state index contributed by atoms with van der Waals surface area (Å²) in [4.78, 5) is 3.97. The van der Waals surface area contributed by atoms with E-state index in [1.165, 1.54) is 0 Å². The van der Waals surface area contributed by atoms with Gasteiger partial charge in [0.05, 0.1) is 12.7 Å². The molecule has 0 aromatic heterocycles. The van der Waals surface area contributed by atoms with E-state index in [1.54, 1.807) is 0 Å². The molecule has 15 heavy (non-hydrogen) atoms. The van der Waals surface area contributed by atoms with Gasteiger partial charge in [-0.15, -0.1) is 0 Å². The monoisotopic (exact) mass is 218 g/mol. The average Bonchev–Trinajstić information content (AvgIpc) is 2.63. The van der Waals surface area contributed by atoms with Crippen molar-refractivity contribution in [2.24, 2.45) is 0 Å². The van der Waals surface area contributed by atoms with Gasteiger partial charge in [0, 0.05) is 6.04 Å². The Morgan fingerprint density at radius 1 is 1.33 bits per heavy atom. The minimum Gasteiger partial charge on any atom is -0.391 e. The van der Waals surface area contributed by atoms with Gasteiger partial charge in [-0.2, -0.15) is 0 Å². The fraction of sp³-hybridized carbons (Fsp3) is 1.00. The van der Waals surface area contributed by atoms with Crippen molar-refractivity contribution in [2.75, 3.05) is 26.2 Å². The Labute approximate surface area is 90.7 Å². The molecule has 0 radical (unpaired) electrons. The molecule has 1 aliphatic rings. The molecule has 1 aliphatic heterocycles. The summed E-state index contributed by atoms with van der Waals surface area (Å²) in [6, 6.07) is 0.262. The zero-order valence-corrected chi connectivity index (χ0v) is 9.11. The van der Waals surface area contributed by atoms with Crippen LogP contribution in [0.5, 0.6) is 0 Å². The SMILES string of the molecule is OOCCCCNCCC1NCCC1O. The molecule has 2 atom stereocenters. The second kappa shape index (κ2) is 8.01. The first-order valence-corrected chi connectivity index (χ1v) is 5.73. The van der Waals surface area contributed by atoms with Crippen LogP contribution in [-0.2, 0) is 4.89 Å². The minimum absolute atomic E-state index is 0.172. The van der Waals surface area contributed by atoms with E-state index in [0.717, 1.165) is 45.3 Å². The first-order valence-electron chi connectivity index (χ1n) is 5.73. The summed E-state index contributed by atoms with van der Waals surface area (Å²) in [5.41, 5.74) is 0. The van der Waals surface area contributed by atoms with E-state index in [2.05, 4.69) is 15.5 Å². The van der Waals surface area contributed by atoms with Gasteiger partial charge in [-0.05, 0) is 45.3 Å². The van der Waals surface area contributed by atoms with Crippen molar-refractivity contribution in [3.63, 3.8) is 0 Å². The second-order valence-corrected chi connectivity index (χ2v) is 4.00. The molecule has 4 N–H and O–H groups in total. The summed E-state index contributed by atoms with van der Waals surface area (Å²) in [5, 5.41) is 24.2. The highest BCUT2D eigenvalue weighted by Crippen LogP contribution is 2.08. The van der Waals surface area contributed by atoms with E-state index >= 15 is 0 Å². The van der Waals surface area contributed by atoms with Crippen LogP contribution in [0, 0.1) is 0 Å². The van der Waals surface area contributed by atoms with E-state index in [9.17, 15) is 5.11 Å². The number of nitrogens with one attached hydrogen (secondary N) is 2. The molecule has 5 heteroatoms. The van der Waals surface area contributed by atoms with Crippen LogP contribution in [-0.4, -0.2) is 48.8 Å². The number of rotatable bonds is 8. The molecule has 1 rings (SSSR count). The summed E-state index contributed by atoms with van der Waals surface area (Å²) >= 11 is 0. The summed E-state index contributed by atoms with van der Waals surface area (Å²) in [6.07, 6.45) is 3.54. The number of unbranched alkanes of at least 4 members (excludes halogenated alkanes) is 1. The third kappa shape index (κ3) is 5.44. The summed E-state index contributed by atoms with van der Waals surface area (Å²) in [5.74, 6) is 0. The summed E-state index contributed by atoms with van der Waals surface area (Å²) in [7, 11) is 0. The molecule has 0 aromatic rings. The number of hydrogen-bond donors (Lipinski definition) is 4. The zero-order chi connectivity index (χ0) is 10.9. The maximum atomic E-state index is 9.53. The van der Waals surface area contributed by atoms with Crippen LogP contribution in [0.25, 0.3) is 0 Å². The maximum absolute atomic E-state index is 9.53. The standard InChI is InChI=1S/C10H22N2O3/c13-10-4-7-12-9(10)3-6-11-5-1-2-8-15-14/h9-14H,1-8H2. The van der Waals surface area contributed by atoms with Gasteiger partial charge < -0.3 is 15.7 Å². The molecule has 90 valence electrons. The molecule has 0 aromatic carbocycles. The molecule has 1 fully saturated rings. The van der Waals surface area contributed by atoms with E-state index in [1.807, 2.05) is 0 Å². The van der Waals surface area contributed by atoms with Crippen molar-refractivity contribution >= 4 is 0 Å². The van der Waals surface area contributed by atoms with E-state index in [0.29, 0.717) is 6.61 Å². The number of aliphatic hydroxyl groups is 1. The molecular weight excluding hydrogens is 196 g/mol. The smallest absolute Gasteiger partial charge is 0.0820 e. The van der Waals surface area contributed by atoms with Crippen LogP contribution in [0.1, 0.15) is 25.7 Å². The lowest BCUT2D eigenvalue weighted by Crippen LogP contribution is -2.33.